The highest BCUT2D eigenvalue weighted by Gasteiger charge is 2.25. The summed E-state index contributed by atoms with van der Waals surface area (Å²) >= 11 is 0. The summed E-state index contributed by atoms with van der Waals surface area (Å²) in [5, 5.41) is 3.84. The Morgan fingerprint density at radius 2 is 2.15 bits per heavy atom. The maximum atomic E-state index is 12.3. The zero-order valence-corrected chi connectivity index (χ0v) is 15.1. The Morgan fingerprint density at radius 3 is 2.85 bits per heavy atom. The molecular weight excluding hydrogens is 330 g/mol. The van der Waals surface area contributed by atoms with E-state index in [-0.39, 0.29) is 11.8 Å². The van der Waals surface area contributed by atoms with Crippen molar-refractivity contribution in [1.29, 1.82) is 0 Å². The molecule has 0 aliphatic carbocycles. The van der Waals surface area contributed by atoms with Gasteiger partial charge in [0.1, 0.15) is 5.75 Å². The van der Waals surface area contributed by atoms with Crippen molar-refractivity contribution < 1.29 is 14.3 Å². The van der Waals surface area contributed by atoms with Crippen LogP contribution in [0.4, 0.5) is 0 Å². The van der Waals surface area contributed by atoms with Gasteiger partial charge in [-0.2, -0.15) is 0 Å². The summed E-state index contributed by atoms with van der Waals surface area (Å²) in [6, 6.07) is 6.06. The van der Waals surface area contributed by atoms with Crippen molar-refractivity contribution in [2.24, 2.45) is 0 Å². The van der Waals surface area contributed by atoms with Crippen molar-refractivity contribution in [2.45, 2.75) is 25.2 Å². The van der Waals surface area contributed by atoms with Crippen molar-refractivity contribution in [1.82, 2.24) is 15.2 Å². The quantitative estimate of drug-likeness (QED) is 0.782. The van der Waals surface area contributed by atoms with Gasteiger partial charge in [0.05, 0.1) is 7.11 Å². The van der Waals surface area contributed by atoms with Gasteiger partial charge in [-0.15, -0.1) is 0 Å². The average Bonchev–Trinajstić information content (AvgIpc) is 3.10. The topological polar surface area (TPSA) is 74.4 Å². The van der Waals surface area contributed by atoms with Gasteiger partial charge >= 0.3 is 0 Å². The lowest BCUT2D eigenvalue weighted by Gasteiger charge is -2.32. The molecule has 1 aromatic carbocycles. The maximum absolute atomic E-state index is 12.3. The molecule has 0 spiro atoms. The molecule has 0 radical (unpaired) electrons. The number of hydrogen-bond donors (Lipinski definition) is 2. The largest absolute Gasteiger partial charge is 0.497 e. The van der Waals surface area contributed by atoms with Crippen LogP contribution in [0.2, 0.25) is 0 Å². The number of nitrogens with one attached hydrogen (secondary N) is 2. The molecule has 3 rings (SSSR count). The summed E-state index contributed by atoms with van der Waals surface area (Å²) in [4.78, 5) is 28.6. The van der Waals surface area contributed by atoms with Crippen LogP contribution in [-0.4, -0.2) is 48.4 Å². The molecule has 0 atom stereocenters. The fraction of sp³-hybridized carbons (Fsp3) is 0.400. The number of benzene rings is 1. The second kappa shape index (κ2) is 8.08. The lowest BCUT2D eigenvalue weighted by molar-refractivity contribution is -0.132. The summed E-state index contributed by atoms with van der Waals surface area (Å²) in [5.41, 5.74) is 2.40. The predicted molar refractivity (Wildman–Crippen MR) is 101 cm³/mol. The van der Waals surface area contributed by atoms with E-state index in [2.05, 4.69) is 29.1 Å². The zero-order chi connectivity index (χ0) is 18.5. The number of piperidine rings is 1. The Bertz CT molecular complexity index is 804. The second-order valence-corrected chi connectivity index (χ2v) is 6.56. The van der Waals surface area contributed by atoms with E-state index in [0.29, 0.717) is 18.9 Å². The van der Waals surface area contributed by atoms with Crippen molar-refractivity contribution >= 4 is 22.7 Å². The monoisotopic (exact) mass is 355 g/mol. The van der Waals surface area contributed by atoms with Crippen LogP contribution in [-0.2, 0) is 9.59 Å². The Labute approximate surface area is 153 Å². The molecule has 2 N–H and O–H groups in total. The van der Waals surface area contributed by atoms with Gasteiger partial charge in [-0.1, -0.05) is 6.58 Å². The van der Waals surface area contributed by atoms with Crippen LogP contribution in [0.25, 0.3) is 10.9 Å². The van der Waals surface area contributed by atoms with Gasteiger partial charge in [-0.25, -0.2) is 0 Å². The van der Waals surface area contributed by atoms with E-state index in [1.54, 1.807) is 7.11 Å². The molecular formula is C20H25N3O3. The lowest BCUT2D eigenvalue weighted by atomic mass is 9.89. The molecule has 2 amide bonds. The molecule has 6 heteroatoms. The summed E-state index contributed by atoms with van der Waals surface area (Å²) in [6.07, 6.45) is 5.50. The minimum Gasteiger partial charge on any atom is -0.497 e. The molecule has 6 nitrogen and oxygen atoms in total. The molecule has 1 aliphatic heterocycles. The predicted octanol–water partition coefficient (Wildman–Crippen LogP) is 2.57. The summed E-state index contributed by atoms with van der Waals surface area (Å²) < 4.78 is 5.34. The number of likely N-dealkylation sites (tertiary alicyclic amines) is 1. The van der Waals surface area contributed by atoms with Crippen molar-refractivity contribution in [3.05, 3.63) is 42.6 Å². The third kappa shape index (κ3) is 3.90. The molecule has 0 bridgehead atoms. The van der Waals surface area contributed by atoms with Gasteiger partial charge < -0.3 is 19.9 Å². The fourth-order valence-electron chi connectivity index (χ4n) is 3.55. The number of amides is 2. The minimum atomic E-state index is -0.244. The van der Waals surface area contributed by atoms with E-state index < -0.39 is 0 Å². The number of carbonyl (C=O) groups excluding carboxylic acids is 2. The molecule has 2 heterocycles. The highest BCUT2D eigenvalue weighted by atomic mass is 16.5. The minimum absolute atomic E-state index is 0.0911. The first-order valence-corrected chi connectivity index (χ1v) is 8.95. The van der Waals surface area contributed by atoms with E-state index in [1.165, 1.54) is 17.0 Å². The number of rotatable bonds is 6. The molecule has 1 fully saturated rings. The fourth-order valence-corrected chi connectivity index (χ4v) is 3.55. The highest BCUT2D eigenvalue weighted by Crippen LogP contribution is 2.34. The van der Waals surface area contributed by atoms with Crippen LogP contribution in [0.5, 0.6) is 5.75 Å². The molecule has 1 saturated heterocycles. The first-order chi connectivity index (χ1) is 12.6. The van der Waals surface area contributed by atoms with E-state index in [9.17, 15) is 9.59 Å². The van der Waals surface area contributed by atoms with Crippen LogP contribution >= 0.6 is 0 Å². The molecule has 138 valence electrons. The number of fused-ring (bicyclic) bond motifs is 1. The van der Waals surface area contributed by atoms with Crippen LogP contribution in [0.15, 0.2) is 37.1 Å². The van der Waals surface area contributed by atoms with Crippen LogP contribution in [0.1, 0.15) is 30.7 Å². The van der Waals surface area contributed by atoms with Gasteiger partial charge in [0, 0.05) is 43.2 Å². The summed E-state index contributed by atoms with van der Waals surface area (Å²) in [5.74, 6) is 1.13. The number of aromatic amines is 1. The zero-order valence-electron chi connectivity index (χ0n) is 15.1. The standard InChI is InChI=1S/C20H25N3O3/c1-3-19(24)21-9-6-20(25)23-10-7-14(8-11-23)17-13-22-18-5-4-15(26-2)12-16(17)18/h3-5,12-14,22H,1,6-11H2,2H3,(H,21,24). The van der Waals surface area contributed by atoms with Crippen LogP contribution < -0.4 is 10.1 Å². The van der Waals surface area contributed by atoms with Gasteiger partial charge in [-0.05, 0) is 48.6 Å². The first-order valence-electron chi connectivity index (χ1n) is 8.95. The Hall–Kier alpha value is -2.76. The van der Waals surface area contributed by atoms with Crippen molar-refractivity contribution in [3.63, 3.8) is 0 Å². The number of hydrogen-bond acceptors (Lipinski definition) is 3. The SMILES string of the molecule is C=CC(=O)NCCC(=O)N1CCC(c2c[nH]c3ccc(OC)cc23)CC1. The molecule has 0 saturated carbocycles. The summed E-state index contributed by atoms with van der Waals surface area (Å²) in [7, 11) is 1.68. The van der Waals surface area contributed by atoms with Crippen molar-refractivity contribution in [3.8, 4) is 5.75 Å². The van der Waals surface area contributed by atoms with Gasteiger partial charge in [0.2, 0.25) is 11.8 Å². The first kappa shape index (κ1) is 18.0. The number of aromatic nitrogens is 1. The van der Waals surface area contributed by atoms with Gasteiger partial charge in [0.25, 0.3) is 0 Å². The van der Waals surface area contributed by atoms with Crippen molar-refractivity contribution in [2.75, 3.05) is 26.7 Å². The maximum Gasteiger partial charge on any atom is 0.243 e. The molecule has 26 heavy (non-hydrogen) atoms. The van der Waals surface area contributed by atoms with Gasteiger partial charge in [-0.3, -0.25) is 9.59 Å². The number of nitrogens with zero attached hydrogens (tertiary/aromatic N) is 1. The van der Waals surface area contributed by atoms with E-state index in [0.717, 1.165) is 37.2 Å². The highest BCUT2D eigenvalue weighted by molar-refractivity contribution is 5.87. The number of methoxy groups -OCH3 is 1. The lowest BCUT2D eigenvalue weighted by Crippen LogP contribution is -2.39. The Kier molecular flexibility index (Phi) is 5.61. The third-order valence-corrected chi connectivity index (χ3v) is 5.03. The van der Waals surface area contributed by atoms with E-state index in [1.807, 2.05) is 17.0 Å². The number of carbonyl (C=O) groups is 2. The Morgan fingerprint density at radius 1 is 1.38 bits per heavy atom. The molecule has 0 unspecified atom stereocenters. The smallest absolute Gasteiger partial charge is 0.243 e. The van der Waals surface area contributed by atoms with Crippen LogP contribution in [0, 0.1) is 0 Å². The Balaban J connectivity index is 1.57. The number of H-pyrrole nitrogens is 1. The molecule has 2 aromatic rings. The normalized spacial score (nSPS) is 15.0. The average molecular weight is 355 g/mol. The van der Waals surface area contributed by atoms with E-state index >= 15 is 0 Å². The second-order valence-electron chi connectivity index (χ2n) is 6.56. The van der Waals surface area contributed by atoms with E-state index in [4.69, 9.17) is 4.74 Å². The van der Waals surface area contributed by atoms with Crippen LogP contribution in [0.3, 0.4) is 0 Å². The summed E-state index contributed by atoms with van der Waals surface area (Å²) in [6.45, 7) is 5.24. The van der Waals surface area contributed by atoms with Gasteiger partial charge in [0.15, 0.2) is 0 Å². The molecule has 1 aromatic heterocycles. The molecule has 1 aliphatic rings. The third-order valence-electron chi connectivity index (χ3n) is 5.03. The number of ether oxygens (including phenoxy) is 1.